The molecule has 1 aromatic carbocycles. The van der Waals surface area contributed by atoms with Crippen LogP contribution in [0.15, 0.2) is 30.3 Å². The molecule has 1 aliphatic heterocycles. The van der Waals surface area contributed by atoms with Crippen molar-refractivity contribution in [2.45, 2.75) is 19.8 Å². The molecule has 2 heterocycles. The van der Waals surface area contributed by atoms with E-state index in [1.165, 1.54) is 6.42 Å². The van der Waals surface area contributed by atoms with Gasteiger partial charge in [-0.3, -0.25) is 10.00 Å². The van der Waals surface area contributed by atoms with Crippen molar-refractivity contribution in [3.63, 3.8) is 0 Å². The molecule has 1 aliphatic rings. The molecule has 24 heavy (non-hydrogen) atoms. The highest BCUT2D eigenvalue weighted by molar-refractivity contribution is 5.89. The number of hydrogen-bond donors (Lipinski definition) is 1. The largest absolute Gasteiger partial charge is 0.497 e. The van der Waals surface area contributed by atoms with E-state index in [2.05, 4.69) is 17.3 Å². The molecular weight excluding hydrogens is 304 g/mol. The van der Waals surface area contributed by atoms with Gasteiger partial charge in [-0.2, -0.15) is 5.10 Å². The molecule has 0 bridgehead atoms. The molecule has 3 rings (SSSR count). The first-order chi connectivity index (χ1) is 11.6. The molecule has 0 aliphatic carbocycles. The van der Waals surface area contributed by atoms with Crippen molar-refractivity contribution in [3.05, 3.63) is 30.3 Å². The summed E-state index contributed by atoms with van der Waals surface area (Å²) in [7, 11) is 3.47. The number of ether oxygens (including phenoxy) is 1. The molecule has 1 atom stereocenters. The normalized spacial score (nSPS) is 17.6. The zero-order valence-electron chi connectivity index (χ0n) is 14.5. The fourth-order valence-corrected chi connectivity index (χ4v) is 3.07. The van der Waals surface area contributed by atoms with Gasteiger partial charge in [-0.15, -0.1) is 0 Å². The molecule has 1 aromatic heterocycles. The van der Waals surface area contributed by atoms with Gasteiger partial charge in [0.2, 0.25) is 0 Å². The molecule has 2 amide bonds. The number of likely N-dealkylation sites (tertiary alicyclic amines) is 1. The number of urea groups is 1. The van der Waals surface area contributed by atoms with Gasteiger partial charge in [0.05, 0.1) is 12.8 Å². The van der Waals surface area contributed by atoms with E-state index in [-0.39, 0.29) is 6.03 Å². The van der Waals surface area contributed by atoms with Crippen molar-refractivity contribution < 1.29 is 9.53 Å². The number of anilines is 1. The average Bonchev–Trinajstić information content (AvgIpc) is 2.95. The van der Waals surface area contributed by atoms with E-state index in [4.69, 9.17) is 4.74 Å². The summed E-state index contributed by atoms with van der Waals surface area (Å²) in [6.45, 7) is 3.81. The zero-order chi connectivity index (χ0) is 17.1. The maximum absolute atomic E-state index is 12.5. The summed E-state index contributed by atoms with van der Waals surface area (Å²) in [6.07, 6.45) is 2.25. The molecule has 0 unspecified atom stereocenters. The Kier molecular flexibility index (Phi) is 4.74. The monoisotopic (exact) mass is 328 g/mol. The molecule has 0 saturated carbocycles. The number of amides is 2. The Morgan fingerprint density at radius 2 is 2.21 bits per heavy atom. The third kappa shape index (κ3) is 3.53. The molecule has 1 saturated heterocycles. The predicted octanol–water partition coefficient (Wildman–Crippen LogP) is 3.36. The maximum Gasteiger partial charge on any atom is 0.323 e. The van der Waals surface area contributed by atoms with E-state index < -0.39 is 0 Å². The number of nitrogens with zero attached hydrogens (tertiary/aromatic N) is 3. The topological polar surface area (TPSA) is 59.4 Å². The van der Waals surface area contributed by atoms with Crippen molar-refractivity contribution >= 4 is 11.8 Å². The highest BCUT2D eigenvalue weighted by Crippen LogP contribution is 2.25. The summed E-state index contributed by atoms with van der Waals surface area (Å²) < 4.78 is 6.95. The molecule has 6 heteroatoms. The van der Waals surface area contributed by atoms with Gasteiger partial charge in [-0.05, 0) is 30.9 Å². The van der Waals surface area contributed by atoms with Gasteiger partial charge < -0.3 is 9.64 Å². The number of rotatable bonds is 3. The summed E-state index contributed by atoms with van der Waals surface area (Å²) in [5.74, 6) is 2.03. The predicted molar refractivity (Wildman–Crippen MR) is 94.2 cm³/mol. The molecular formula is C18H24N4O2. The summed E-state index contributed by atoms with van der Waals surface area (Å²) in [4.78, 5) is 14.3. The first-order valence-electron chi connectivity index (χ1n) is 8.31. The van der Waals surface area contributed by atoms with Crippen molar-refractivity contribution in [1.82, 2.24) is 14.7 Å². The number of carbonyl (C=O) groups is 1. The third-order valence-electron chi connectivity index (χ3n) is 4.42. The number of aryl methyl sites for hydroxylation is 1. The van der Waals surface area contributed by atoms with Crippen LogP contribution in [0.4, 0.5) is 10.6 Å². The highest BCUT2D eigenvalue weighted by atomic mass is 16.5. The van der Waals surface area contributed by atoms with Gasteiger partial charge in [-0.25, -0.2) is 4.79 Å². The van der Waals surface area contributed by atoms with Crippen LogP contribution in [0, 0.1) is 5.92 Å². The minimum atomic E-state index is -0.0539. The van der Waals surface area contributed by atoms with Crippen molar-refractivity contribution in [1.29, 1.82) is 0 Å². The summed E-state index contributed by atoms with van der Waals surface area (Å²) in [5, 5.41) is 7.47. The molecule has 2 aromatic rings. The van der Waals surface area contributed by atoms with Crippen LogP contribution < -0.4 is 10.1 Å². The Labute approximate surface area is 142 Å². The third-order valence-corrected chi connectivity index (χ3v) is 4.42. The summed E-state index contributed by atoms with van der Waals surface area (Å²) >= 11 is 0. The smallest absolute Gasteiger partial charge is 0.323 e. The van der Waals surface area contributed by atoms with Crippen LogP contribution in [0.3, 0.4) is 0 Å². The highest BCUT2D eigenvalue weighted by Gasteiger charge is 2.22. The number of hydrogen-bond acceptors (Lipinski definition) is 3. The van der Waals surface area contributed by atoms with Crippen LogP contribution in [0.25, 0.3) is 11.3 Å². The number of carbonyl (C=O) groups excluding carboxylic acids is 1. The van der Waals surface area contributed by atoms with Crippen LogP contribution in [0.5, 0.6) is 5.75 Å². The van der Waals surface area contributed by atoms with E-state index >= 15 is 0 Å². The van der Waals surface area contributed by atoms with Gasteiger partial charge >= 0.3 is 6.03 Å². The van der Waals surface area contributed by atoms with Crippen molar-refractivity contribution in [2.24, 2.45) is 13.0 Å². The van der Waals surface area contributed by atoms with Crippen LogP contribution in [-0.4, -0.2) is 40.9 Å². The minimum Gasteiger partial charge on any atom is -0.497 e. The lowest BCUT2D eigenvalue weighted by Gasteiger charge is -2.30. The molecule has 128 valence electrons. The van der Waals surface area contributed by atoms with Gasteiger partial charge in [0.1, 0.15) is 11.6 Å². The van der Waals surface area contributed by atoms with Gasteiger partial charge in [0.25, 0.3) is 0 Å². The Morgan fingerprint density at radius 1 is 1.38 bits per heavy atom. The standard InChI is InChI=1S/C18H24N4O2/c1-13-6-5-9-22(12-13)18(23)19-17-11-16(20-21(17)2)14-7-4-8-15(10-14)24-3/h4,7-8,10-11,13H,5-6,9,12H2,1-3H3,(H,19,23)/t13-/m1/s1. The fourth-order valence-electron chi connectivity index (χ4n) is 3.07. The van der Waals surface area contributed by atoms with Crippen molar-refractivity contribution in [2.75, 3.05) is 25.5 Å². The van der Waals surface area contributed by atoms with Crippen LogP contribution >= 0.6 is 0 Å². The second-order valence-corrected chi connectivity index (χ2v) is 6.39. The van der Waals surface area contributed by atoms with Crippen LogP contribution in [0.1, 0.15) is 19.8 Å². The van der Waals surface area contributed by atoms with E-state index in [0.717, 1.165) is 36.5 Å². The van der Waals surface area contributed by atoms with E-state index in [0.29, 0.717) is 11.7 Å². The quantitative estimate of drug-likeness (QED) is 0.940. The second-order valence-electron chi connectivity index (χ2n) is 6.39. The Hall–Kier alpha value is -2.50. The Balaban J connectivity index is 1.75. The average molecular weight is 328 g/mol. The van der Waals surface area contributed by atoms with Crippen LogP contribution in [-0.2, 0) is 7.05 Å². The number of piperidine rings is 1. The lowest BCUT2D eigenvalue weighted by Crippen LogP contribution is -2.41. The molecule has 6 nitrogen and oxygen atoms in total. The number of nitrogens with one attached hydrogen (secondary N) is 1. The second kappa shape index (κ2) is 6.95. The fraction of sp³-hybridized carbons (Fsp3) is 0.444. The number of aromatic nitrogens is 2. The summed E-state index contributed by atoms with van der Waals surface area (Å²) in [5.41, 5.74) is 1.76. The Bertz CT molecular complexity index is 726. The number of methoxy groups -OCH3 is 1. The molecule has 1 fully saturated rings. The van der Waals surface area contributed by atoms with Crippen molar-refractivity contribution in [3.8, 4) is 17.0 Å². The van der Waals surface area contributed by atoms with Gasteiger partial charge in [-0.1, -0.05) is 19.1 Å². The van der Waals surface area contributed by atoms with E-state index in [1.807, 2.05) is 42.3 Å². The van der Waals surface area contributed by atoms with Gasteiger partial charge in [0.15, 0.2) is 0 Å². The van der Waals surface area contributed by atoms with Crippen LogP contribution in [0.2, 0.25) is 0 Å². The lowest BCUT2D eigenvalue weighted by molar-refractivity contribution is 0.182. The SMILES string of the molecule is COc1cccc(-c2cc(NC(=O)N3CCC[C@@H](C)C3)n(C)n2)c1. The molecule has 0 radical (unpaired) electrons. The molecule has 0 spiro atoms. The first kappa shape index (κ1) is 16.4. The molecule has 1 N–H and O–H groups in total. The minimum absolute atomic E-state index is 0.0539. The zero-order valence-corrected chi connectivity index (χ0v) is 14.5. The lowest BCUT2D eigenvalue weighted by atomic mass is 10.0. The number of benzene rings is 1. The summed E-state index contributed by atoms with van der Waals surface area (Å²) in [6, 6.07) is 9.56. The Morgan fingerprint density at radius 3 is 2.96 bits per heavy atom. The van der Waals surface area contributed by atoms with Gasteiger partial charge in [0, 0.05) is 31.8 Å². The first-order valence-corrected chi connectivity index (χ1v) is 8.31. The maximum atomic E-state index is 12.5. The van der Waals surface area contributed by atoms with E-state index in [1.54, 1.807) is 11.8 Å². The van der Waals surface area contributed by atoms with E-state index in [9.17, 15) is 4.79 Å².